The molecule has 0 fully saturated rings. The lowest BCUT2D eigenvalue weighted by molar-refractivity contribution is 0.110. The van der Waals surface area contributed by atoms with Crippen LogP contribution in [0.3, 0.4) is 0 Å². The molecule has 1 aromatic heterocycles. The van der Waals surface area contributed by atoms with Crippen molar-refractivity contribution in [3.63, 3.8) is 0 Å². The molecule has 0 spiro atoms. The van der Waals surface area contributed by atoms with Gasteiger partial charge in [0, 0.05) is 22.6 Å². The summed E-state index contributed by atoms with van der Waals surface area (Å²) in [6, 6.07) is 3.43. The van der Waals surface area contributed by atoms with Gasteiger partial charge >= 0.3 is 0 Å². The summed E-state index contributed by atoms with van der Waals surface area (Å²) in [6.07, 6.45) is 2.52. The molecule has 0 aliphatic heterocycles. The van der Waals surface area contributed by atoms with Crippen molar-refractivity contribution >= 4 is 26.4 Å². The predicted molar refractivity (Wildman–Crippen MR) is 66.6 cm³/mol. The van der Waals surface area contributed by atoms with Crippen LogP contribution in [0.2, 0.25) is 0 Å². The van der Waals surface area contributed by atoms with E-state index in [1.165, 1.54) is 0 Å². The first-order valence-corrected chi connectivity index (χ1v) is 5.75. The van der Waals surface area contributed by atoms with Crippen molar-refractivity contribution in [2.75, 3.05) is 20.2 Å². The second-order valence-corrected chi connectivity index (χ2v) is 3.94. The number of halogens is 1. The Kier molecular flexibility index (Phi) is 5.56. The molecule has 0 saturated heterocycles. The summed E-state index contributed by atoms with van der Waals surface area (Å²) in [5.74, 6) is 0.701. The minimum absolute atomic E-state index is 0.0608. The van der Waals surface area contributed by atoms with Crippen LogP contribution in [0, 0.1) is 0 Å². The first kappa shape index (κ1) is 12.4. The van der Waals surface area contributed by atoms with E-state index in [0.717, 1.165) is 13.0 Å². The van der Waals surface area contributed by atoms with Gasteiger partial charge in [0.15, 0.2) is 0 Å². The van der Waals surface area contributed by atoms with Crippen molar-refractivity contribution in [3.8, 4) is 5.75 Å². The van der Waals surface area contributed by atoms with Gasteiger partial charge in [0.2, 0.25) is 3.79 Å². The zero-order chi connectivity index (χ0) is 11.1. The van der Waals surface area contributed by atoms with E-state index >= 15 is 0 Å². The summed E-state index contributed by atoms with van der Waals surface area (Å²) in [4.78, 5) is 14.9. The van der Waals surface area contributed by atoms with Crippen LogP contribution in [0.5, 0.6) is 5.75 Å². The lowest BCUT2D eigenvalue weighted by atomic mass is 10.3. The van der Waals surface area contributed by atoms with E-state index in [0.29, 0.717) is 18.1 Å². The van der Waals surface area contributed by atoms with E-state index < -0.39 is 0 Å². The molecular weight excluding hydrogens is 307 g/mol. The van der Waals surface area contributed by atoms with E-state index in [9.17, 15) is 4.79 Å². The highest BCUT2D eigenvalue weighted by atomic mass is 127. The number of nitrogens with one attached hydrogen (secondary N) is 1. The van der Waals surface area contributed by atoms with Gasteiger partial charge < -0.3 is 10.1 Å². The normalized spacial score (nSPS) is 10.0. The molecule has 0 atom stereocenters. The molecule has 0 unspecified atom stereocenters. The van der Waals surface area contributed by atoms with Gasteiger partial charge in [0.1, 0.15) is 11.4 Å². The van der Waals surface area contributed by atoms with E-state index in [1.807, 2.05) is 7.05 Å². The van der Waals surface area contributed by atoms with Gasteiger partial charge in [-0.15, -0.1) is 0 Å². The van der Waals surface area contributed by atoms with Crippen molar-refractivity contribution < 1.29 is 9.53 Å². The summed E-state index contributed by atoms with van der Waals surface area (Å²) in [5, 5.41) is 3.04. The average molecular weight is 320 g/mol. The maximum Gasteiger partial charge on any atom is 0.240 e. The fraction of sp³-hybridized carbons (Fsp3) is 0.400. The second kappa shape index (κ2) is 6.73. The van der Waals surface area contributed by atoms with Crippen molar-refractivity contribution in [3.05, 3.63) is 24.0 Å². The standard InChI is InChI=1S/C10H13IN2O2/c1-12-5-2-6-15-8-3-4-9(10(11)14)13-7-8/h3-4,7,12H,2,5-6H2,1H3. The Bertz CT molecular complexity index is 314. The number of rotatable bonds is 6. The molecule has 1 N–H and O–H groups in total. The number of ether oxygens (including phenoxy) is 1. The molecule has 15 heavy (non-hydrogen) atoms. The van der Waals surface area contributed by atoms with Crippen molar-refractivity contribution in [1.82, 2.24) is 10.3 Å². The minimum atomic E-state index is -0.0608. The van der Waals surface area contributed by atoms with Gasteiger partial charge in [-0.25, -0.2) is 4.98 Å². The number of nitrogens with zero attached hydrogens (tertiary/aromatic N) is 1. The first-order chi connectivity index (χ1) is 7.24. The third kappa shape index (κ3) is 4.57. The van der Waals surface area contributed by atoms with Gasteiger partial charge in [-0.1, -0.05) is 0 Å². The molecule has 1 heterocycles. The van der Waals surface area contributed by atoms with Gasteiger partial charge in [-0.3, -0.25) is 4.79 Å². The van der Waals surface area contributed by atoms with E-state index in [4.69, 9.17) is 4.74 Å². The topological polar surface area (TPSA) is 51.2 Å². The molecule has 4 nitrogen and oxygen atoms in total. The molecule has 0 aliphatic rings. The third-order valence-electron chi connectivity index (χ3n) is 1.78. The lowest BCUT2D eigenvalue weighted by Crippen LogP contribution is -2.11. The number of carbonyl (C=O) groups is 1. The maximum absolute atomic E-state index is 10.9. The highest BCUT2D eigenvalue weighted by Crippen LogP contribution is 2.11. The van der Waals surface area contributed by atoms with E-state index in [1.54, 1.807) is 40.9 Å². The Balaban J connectivity index is 2.39. The van der Waals surface area contributed by atoms with Crippen LogP contribution in [0.1, 0.15) is 16.9 Å². The molecular formula is C10H13IN2O2. The van der Waals surface area contributed by atoms with Gasteiger partial charge in [-0.2, -0.15) is 0 Å². The summed E-state index contributed by atoms with van der Waals surface area (Å²) in [6.45, 7) is 1.58. The van der Waals surface area contributed by atoms with Crippen LogP contribution in [0.15, 0.2) is 18.3 Å². The number of carbonyl (C=O) groups excluding carboxylic acids is 1. The Labute approximate surface area is 103 Å². The molecule has 0 aromatic carbocycles. The Morgan fingerprint density at radius 1 is 1.60 bits per heavy atom. The number of aromatic nitrogens is 1. The zero-order valence-corrected chi connectivity index (χ0v) is 10.7. The van der Waals surface area contributed by atoms with Crippen molar-refractivity contribution in [1.29, 1.82) is 0 Å². The molecule has 0 amide bonds. The molecule has 0 aliphatic carbocycles. The zero-order valence-electron chi connectivity index (χ0n) is 8.50. The monoisotopic (exact) mass is 320 g/mol. The Hall–Kier alpha value is -0.690. The molecule has 0 saturated carbocycles. The van der Waals surface area contributed by atoms with Crippen molar-refractivity contribution in [2.45, 2.75) is 6.42 Å². The van der Waals surface area contributed by atoms with Crippen LogP contribution >= 0.6 is 22.6 Å². The average Bonchev–Trinajstić information content (AvgIpc) is 2.25. The van der Waals surface area contributed by atoms with Gasteiger partial charge in [0.05, 0.1) is 12.8 Å². The van der Waals surface area contributed by atoms with Gasteiger partial charge in [0.25, 0.3) is 0 Å². The SMILES string of the molecule is CNCCCOc1ccc(C(=O)I)nc1. The lowest BCUT2D eigenvalue weighted by Gasteiger charge is -2.05. The third-order valence-corrected chi connectivity index (χ3v) is 2.33. The fourth-order valence-electron chi connectivity index (χ4n) is 1.02. The molecule has 1 aromatic rings. The molecule has 0 radical (unpaired) electrons. The predicted octanol–water partition coefficient (Wildman–Crippen LogP) is 1.65. The fourth-order valence-corrected chi connectivity index (χ4v) is 1.34. The van der Waals surface area contributed by atoms with Crippen LogP contribution in [0.4, 0.5) is 0 Å². The van der Waals surface area contributed by atoms with Crippen LogP contribution in [0.25, 0.3) is 0 Å². The number of hydrogen-bond acceptors (Lipinski definition) is 4. The molecule has 1 rings (SSSR count). The van der Waals surface area contributed by atoms with E-state index in [-0.39, 0.29) is 3.79 Å². The quantitative estimate of drug-likeness (QED) is 0.492. The number of pyridine rings is 1. The largest absolute Gasteiger partial charge is 0.492 e. The summed E-state index contributed by atoms with van der Waals surface area (Å²) < 4.78 is 5.37. The molecule has 5 heteroatoms. The maximum atomic E-state index is 10.9. The Morgan fingerprint density at radius 3 is 2.93 bits per heavy atom. The van der Waals surface area contributed by atoms with E-state index in [2.05, 4.69) is 10.3 Å². The molecule has 82 valence electrons. The van der Waals surface area contributed by atoms with Gasteiger partial charge in [-0.05, 0) is 32.1 Å². The highest BCUT2D eigenvalue weighted by Gasteiger charge is 2.02. The van der Waals surface area contributed by atoms with Crippen LogP contribution < -0.4 is 10.1 Å². The second-order valence-electron chi connectivity index (χ2n) is 2.96. The van der Waals surface area contributed by atoms with Crippen LogP contribution in [-0.2, 0) is 0 Å². The summed E-state index contributed by atoms with van der Waals surface area (Å²) >= 11 is 1.71. The number of hydrogen-bond donors (Lipinski definition) is 1. The first-order valence-electron chi connectivity index (χ1n) is 4.67. The Morgan fingerprint density at radius 2 is 2.40 bits per heavy atom. The minimum Gasteiger partial charge on any atom is -0.492 e. The smallest absolute Gasteiger partial charge is 0.240 e. The summed E-state index contributed by atoms with van der Waals surface area (Å²) in [5.41, 5.74) is 0.457. The van der Waals surface area contributed by atoms with Crippen molar-refractivity contribution in [2.24, 2.45) is 0 Å². The van der Waals surface area contributed by atoms with Crippen LogP contribution in [-0.4, -0.2) is 29.0 Å². The molecule has 0 bridgehead atoms. The highest BCUT2D eigenvalue weighted by molar-refractivity contribution is 14.1. The summed E-state index contributed by atoms with van der Waals surface area (Å²) in [7, 11) is 1.91.